The first kappa shape index (κ1) is 24.5. The highest BCUT2D eigenvalue weighted by molar-refractivity contribution is 6.30. The van der Waals surface area contributed by atoms with Crippen LogP contribution in [0.4, 0.5) is 10.5 Å². The normalized spacial score (nSPS) is 11.9. The number of hydrogen-bond acceptors (Lipinski definition) is 3. The van der Waals surface area contributed by atoms with Crippen molar-refractivity contribution in [2.45, 2.75) is 39.7 Å². The molecule has 0 spiro atoms. The number of rotatable bonds is 7. The fourth-order valence-corrected chi connectivity index (χ4v) is 4.43. The highest BCUT2D eigenvalue weighted by Crippen LogP contribution is 2.27. The minimum atomic E-state index is -0.417. The Labute approximate surface area is 210 Å². The van der Waals surface area contributed by atoms with E-state index < -0.39 is 6.04 Å². The molecule has 6 nitrogen and oxygen atoms in total. The third-order valence-corrected chi connectivity index (χ3v) is 6.20. The summed E-state index contributed by atoms with van der Waals surface area (Å²) in [6, 6.07) is 21.5. The molecule has 4 aromatic rings. The van der Waals surface area contributed by atoms with Gasteiger partial charge in [0, 0.05) is 17.3 Å². The van der Waals surface area contributed by atoms with Gasteiger partial charge in [-0.05, 0) is 73.9 Å². The first-order valence-corrected chi connectivity index (χ1v) is 12.2. The molecule has 1 N–H and O–H groups in total. The van der Waals surface area contributed by atoms with E-state index in [0.29, 0.717) is 40.4 Å². The molecule has 180 valence electrons. The number of anilines is 1. The summed E-state index contributed by atoms with van der Waals surface area (Å²) in [5.74, 6) is 0.543. The minimum absolute atomic E-state index is 0.149. The van der Waals surface area contributed by atoms with Crippen molar-refractivity contribution >= 4 is 34.2 Å². The quantitative estimate of drug-likeness (QED) is 0.313. The van der Waals surface area contributed by atoms with E-state index in [4.69, 9.17) is 16.6 Å². The van der Waals surface area contributed by atoms with Crippen LogP contribution in [-0.2, 0) is 0 Å². The average Bonchev–Trinajstić information content (AvgIpc) is 2.85. The Kier molecular flexibility index (Phi) is 7.51. The van der Waals surface area contributed by atoms with E-state index in [9.17, 15) is 9.59 Å². The molecule has 0 radical (unpaired) electrons. The zero-order valence-electron chi connectivity index (χ0n) is 20.2. The predicted molar refractivity (Wildman–Crippen MR) is 143 cm³/mol. The van der Waals surface area contributed by atoms with Gasteiger partial charge in [-0.25, -0.2) is 9.78 Å². The zero-order valence-corrected chi connectivity index (χ0v) is 20.9. The van der Waals surface area contributed by atoms with Gasteiger partial charge in [0.1, 0.15) is 5.82 Å². The molecule has 1 aromatic heterocycles. The number of carbonyl (C=O) groups excluding carboxylic acids is 1. The van der Waals surface area contributed by atoms with Gasteiger partial charge in [-0.3, -0.25) is 9.36 Å². The molecule has 4 rings (SSSR count). The van der Waals surface area contributed by atoms with Crippen molar-refractivity contribution < 1.29 is 4.79 Å². The second kappa shape index (κ2) is 10.7. The van der Waals surface area contributed by atoms with Crippen molar-refractivity contribution in [2.24, 2.45) is 0 Å². The van der Waals surface area contributed by atoms with Crippen molar-refractivity contribution in [1.82, 2.24) is 14.5 Å². The number of nitrogens with one attached hydrogen (secondary N) is 1. The topological polar surface area (TPSA) is 67.2 Å². The second-order valence-electron chi connectivity index (χ2n) is 8.52. The summed E-state index contributed by atoms with van der Waals surface area (Å²) in [5, 5.41) is 4.11. The number of urea groups is 1. The number of para-hydroxylation sites is 1. The zero-order chi connectivity index (χ0) is 24.9. The molecular weight excluding hydrogens is 460 g/mol. The summed E-state index contributed by atoms with van der Waals surface area (Å²) in [4.78, 5) is 33.9. The van der Waals surface area contributed by atoms with Gasteiger partial charge in [0.05, 0.1) is 22.6 Å². The standard InChI is InChI=1S/C28H29ClN4O2/c1-4-17-32(28(35)30-21-15-13-20(29)14-16-21)25(5-2)26-31-24-12-7-6-11-23(24)27(34)33(26)22-10-8-9-19(3)18-22/h6-16,18,25H,4-5,17H2,1-3H3,(H,30,35). The van der Waals surface area contributed by atoms with Gasteiger partial charge in [-0.1, -0.05) is 49.7 Å². The molecule has 0 aliphatic rings. The maximum Gasteiger partial charge on any atom is 0.322 e. The van der Waals surface area contributed by atoms with E-state index in [2.05, 4.69) is 5.32 Å². The third kappa shape index (κ3) is 5.23. The van der Waals surface area contributed by atoms with Crippen molar-refractivity contribution in [3.63, 3.8) is 0 Å². The lowest BCUT2D eigenvalue weighted by Crippen LogP contribution is -2.41. The molecule has 2 amide bonds. The summed E-state index contributed by atoms with van der Waals surface area (Å²) >= 11 is 6.00. The average molecular weight is 489 g/mol. The Balaban J connectivity index is 1.86. The summed E-state index contributed by atoms with van der Waals surface area (Å²) < 4.78 is 1.65. The van der Waals surface area contributed by atoms with Crippen molar-refractivity contribution in [1.29, 1.82) is 0 Å². The second-order valence-corrected chi connectivity index (χ2v) is 8.96. The summed E-state index contributed by atoms with van der Waals surface area (Å²) in [5.41, 5.74) is 2.88. The highest BCUT2D eigenvalue weighted by Gasteiger charge is 2.28. The summed E-state index contributed by atoms with van der Waals surface area (Å²) in [7, 11) is 0. The van der Waals surface area contributed by atoms with E-state index in [1.54, 1.807) is 39.8 Å². The van der Waals surface area contributed by atoms with Crippen LogP contribution in [0.2, 0.25) is 5.02 Å². The Morgan fingerprint density at radius 1 is 1.06 bits per heavy atom. The number of carbonyl (C=O) groups is 1. The molecule has 0 saturated heterocycles. The fourth-order valence-electron chi connectivity index (χ4n) is 4.30. The fraction of sp³-hybridized carbons (Fsp3) is 0.250. The molecule has 1 atom stereocenters. The largest absolute Gasteiger partial charge is 0.322 e. The van der Waals surface area contributed by atoms with Crippen LogP contribution < -0.4 is 10.9 Å². The van der Waals surface area contributed by atoms with Crippen LogP contribution in [0, 0.1) is 6.92 Å². The molecule has 7 heteroatoms. The molecule has 3 aromatic carbocycles. The summed E-state index contributed by atoms with van der Waals surface area (Å²) in [6.45, 7) is 6.53. The van der Waals surface area contributed by atoms with Crippen molar-refractivity contribution in [3.8, 4) is 5.69 Å². The number of aromatic nitrogens is 2. The lowest BCUT2D eigenvalue weighted by molar-refractivity contribution is 0.181. The predicted octanol–water partition coefficient (Wildman–Crippen LogP) is 6.74. The first-order chi connectivity index (χ1) is 16.9. The van der Waals surface area contributed by atoms with Crippen LogP contribution in [0.25, 0.3) is 16.6 Å². The monoisotopic (exact) mass is 488 g/mol. The molecule has 35 heavy (non-hydrogen) atoms. The highest BCUT2D eigenvalue weighted by atomic mass is 35.5. The molecular formula is C28H29ClN4O2. The molecule has 0 bridgehead atoms. The number of fused-ring (bicyclic) bond motifs is 1. The number of aryl methyl sites for hydroxylation is 1. The third-order valence-electron chi connectivity index (χ3n) is 5.94. The lowest BCUT2D eigenvalue weighted by atomic mass is 10.1. The minimum Gasteiger partial charge on any atom is -0.314 e. The van der Waals surface area contributed by atoms with Gasteiger partial charge in [0.2, 0.25) is 0 Å². The number of halogens is 1. The maximum atomic E-state index is 13.7. The van der Waals surface area contributed by atoms with Crippen molar-refractivity contribution in [3.05, 3.63) is 99.6 Å². The van der Waals surface area contributed by atoms with Gasteiger partial charge in [0.25, 0.3) is 5.56 Å². The van der Waals surface area contributed by atoms with Crippen LogP contribution in [0.3, 0.4) is 0 Å². The Morgan fingerprint density at radius 3 is 2.49 bits per heavy atom. The van der Waals surface area contributed by atoms with E-state index in [1.807, 2.05) is 63.2 Å². The van der Waals surface area contributed by atoms with Gasteiger partial charge in [0.15, 0.2) is 0 Å². The van der Waals surface area contributed by atoms with Crippen molar-refractivity contribution in [2.75, 3.05) is 11.9 Å². The molecule has 0 aliphatic carbocycles. The Morgan fingerprint density at radius 2 is 1.80 bits per heavy atom. The van der Waals surface area contributed by atoms with Gasteiger partial charge in [-0.2, -0.15) is 0 Å². The molecule has 0 fully saturated rings. The number of hydrogen-bond donors (Lipinski definition) is 1. The van der Waals surface area contributed by atoms with E-state index in [-0.39, 0.29) is 11.6 Å². The van der Waals surface area contributed by atoms with E-state index >= 15 is 0 Å². The number of amides is 2. The van der Waals surface area contributed by atoms with Crippen LogP contribution >= 0.6 is 11.6 Å². The van der Waals surface area contributed by atoms with E-state index in [1.165, 1.54) is 0 Å². The number of nitrogens with zero attached hydrogens (tertiary/aromatic N) is 3. The molecule has 0 saturated carbocycles. The van der Waals surface area contributed by atoms with Gasteiger partial charge >= 0.3 is 6.03 Å². The van der Waals surface area contributed by atoms with E-state index in [0.717, 1.165) is 17.7 Å². The Hall–Kier alpha value is -3.64. The van der Waals surface area contributed by atoms with Crippen LogP contribution in [-0.4, -0.2) is 27.0 Å². The van der Waals surface area contributed by atoms with Gasteiger partial charge < -0.3 is 10.2 Å². The van der Waals surface area contributed by atoms with Crippen LogP contribution in [0.15, 0.2) is 77.6 Å². The lowest BCUT2D eigenvalue weighted by Gasteiger charge is -2.32. The molecule has 1 heterocycles. The number of benzene rings is 3. The summed E-state index contributed by atoms with van der Waals surface area (Å²) in [6.07, 6.45) is 1.34. The Bertz CT molecular complexity index is 1400. The smallest absolute Gasteiger partial charge is 0.314 e. The van der Waals surface area contributed by atoms with Gasteiger partial charge in [-0.15, -0.1) is 0 Å². The maximum absolute atomic E-state index is 13.7. The van der Waals surface area contributed by atoms with Crippen LogP contribution in [0.1, 0.15) is 44.1 Å². The SMILES string of the molecule is CCCN(C(=O)Nc1ccc(Cl)cc1)C(CC)c1nc2ccccc2c(=O)n1-c1cccc(C)c1. The van der Waals surface area contributed by atoms with Crippen LogP contribution in [0.5, 0.6) is 0 Å². The first-order valence-electron chi connectivity index (χ1n) is 11.8. The molecule has 0 aliphatic heterocycles. The molecule has 1 unspecified atom stereocenters.